The Morgan fingerprint density at radius 2 is 1.12 bits per heavy atom. The highest BCUT2D eigenvalue weighted by atomic mass is 16.6. The second-order valence-electron chi connectivity index (χ2n) is 15.8. The van der Waals surface area contributed by atoms with Crippen LogP contribution in [0.3, 0.4) is 0 Å². The minimum Gasteiger partial charge on any atom is -0.481 e. The first-order chi connectivity index (χ1) is 33.1. The molecule has 0 aromatic heterocycles. The minimum atomic E-state index is -1.66. The van der Waals surface area contributed by atoms with Gasteiger partial charge in [-0.2, -0.15) is 0 Å². The number of ether oxygens (including phenoxy) is 8. The standard InChI is InChI=1S/C44H74N6O19/c1-5-12-62-14-16-64-18-20-66-22-24-68-26-27-69-25-23-67-21-19-65-17-15-63-13-10-36(52)47-34(28-31(2)3)44(61)50-11-6-7-35(50)42(59)48-33(8-9-38(54)55)41(58)49-40(32(4)51)43(60)46-29-37(53)45-30-39(56)57/h1,31-35,40,51H,6-30H2,2-4H3,(H,45,53)(H,46,60)(H,47,52)(H,48,59)(H,49,58)(H,54,55)(H,56,57)/t32?,33?,34?,35-,40?/m0/s1. The fraction of sp³-hybridized carbons (Fsp3) is 0.773. The van der Waals surface area contributed by atoms with Crippen LogP contribution in [-0.4, -0.2) is 223 Å². The molecule has 0 aliphatic carbocycles. The molecular formula is C44H74N6O19. The molecule has 1 heterocycles. The first-order valence-corrected chi connectivity index (χ1v) is 23.0. The Morgan fingerprint density at radius 1 is 0.609 bits per heavy atom. The van der Waals surface area contributed by atoms with Crippen LogP contribution in [0.1, 0.15) is 59.3 Å². The normalized spacial score (nSPS) is 15.1. The molecule has 69 heavy (non-hydrogen) atoms. The van der Waals surface area contributed by atoms with Crippen molar-refractivity contribution in [3.63, 3.8) is 0 Å². The van der Waals surface area contributed by atoms with E-state index >= 15 is 0 Å². The molecular weight excluding hydrogens is 917 g/mol. The van der Waals surface area contributed by atoms with Gasteiger partial charge in [-0.15, -0.1) is 6.42 Å². The molecule has 6 amide bonds. The molecule has 0 saturated carbocycles. The van der Waals surface area contributed by atoms with Gasteiger partial charge in [0.2, 0.25) is 35.4 Å². The average Bonchev–Trinajstić information content (AvgIpc) is 3.80. The number of rotatable bonds is 42. The van der Waals surface area contributed by atoms with Crippen LogP contribution in [0.25, 0.3) is 0 Å². The number of aliphatic carboxylic acids is 2. The number of hydrogen-bond donors (Lipinski definition) is 8. The maximum absolute atomic E-state index is 13.9. The summed E-state index contributed by atoms with van der Waals surface area (Å²) in [7, 11) is 0. The van der Waals surface area contributed by atoms with Crippen molar-refractivity contribution >= 4 is 47.4 Å². The van der Waals surface area contributed by atoms with Crippen LogP contribution in [0.4, 0.5) is 0 Å². The number of hydrogen-bond acceptors (Lipinski definition) is 17. The second kappa shape index (κ2) is 38.8. The summed E-state index contributed by atoms with van der Waals surface area (Å²) in [4.78, 5) is 102. The Balaban J connectivity index is 2.46. The number of likely N-dealkylation sites (tertiary alicyclic amines) is 1. The third-order valence-electron chi connectivity index (χ3n) is 9.64. The van der Waals surface area contributed by atoms with Gasteiger partial charge in [-0.1, -0.05) is 19.8 Å². The zero-order chi connectivity index (χ0) is 51.2. The van der Waals surface area contributed by atoms with Crippen molar-refractivity contribution in [1.82, 2.24) is 31.5 Å². The Morgan fingerprint density at radius 3 is 1.58 bits per heavy atom. The SMILES string of the molecule is C#CCOCCOCCOCCOCCOCCOCCOCCOCCC(=O)NC(CC(C)C)C(=O)N1CCC[C@H]1C(=O)NC(CCC(=O)O)C(=O)NC(C(=O)NCC(=O)NCC(=O)O)C(C)O. The van der Waals surface area contributed by atoms with Crippen LogP contribution >= 0.6 is 0 Å². The van der Waals surface area contributed by atoms with Gasteiger partial charge in [-0.25, -0.2) is 0 Å². The number of nitrogens with one attached hydrogen (secondary N) is 5. The van der Waals surface area contributed by atoms with Gasteiger partial charge >= 0.3 is 11.9 Å². The van der Waals surface area contributed by atoms with E-state index in [1.807, 2.05) is 19.2 Å². The first kappa shape index (κ1) is 62.0. The van der Waals surface area contributed by atoms with Gasteiger partial charge in [-0.3, -0.25) is 38.4 Å². The number of carboxylic acids is 2. The van der Waals surface area contributed by atoms with Gasteiger partial charge in [0.1, 0.15) is 37.3 Å². The van der Waals surface area contributed by atoms with E-state index in [1.54, 1.807) is 0 Å². The quantitative estimate of drug-likeness (QED) is 0.0226. The van der Waals surface area contributed by atoms with Crippen LogP contribution in [0.2, 0.25) is 0 Å². The molecule has 8 N–H and O–H groups in total. The molecule has 0 aromatic carbocycles. The number of aliphatic hydroxyl groups is 1. The van der Waals surface area contributed by atoms with Gasteiger partial charge in [0.15, 0.2) is 0 Å². The van der Waals surface area contributed by atoms with Crippen molar-refractivity contribution in [2.24, 2.45) is 5.92 Å². The van der Waals surface area contributed by atoms with Crippen molar-refractivity contribution in [1.29, 1.82) is 0 Å². The lowest BCUT2D eigenvalue weighted by Gasteiger charge is -2.31. The van der Waals surface area contributed by atoms with E-state index in [-0.39, 0.29) is 58.2 Å². The molecule has 25 nitrogen and oxygen atoms in total. The number of nitrogens with zero attached hydrogens (tertiary/aromatic N) is 1. The number of carboxylic acid groups (broad SMARTS) is 2. The fourth-order valence-electron chi connectivity index (χ4n) is 6.28. The van der Waals surface area contributed by atoms with E-state index in [0.29, 0.717) is 85.7 Å². The smallest absolute Gasteiger partial charge is 0.322 e. The highest BCUT2D eigenvalue weighted by molar-refractivity contribution is 5.96. The average molecular weight is 991 g/mol. The van der Waals surface area contributed by atoms with E-state index < -0.39 is 104 Å². The van der Waals surface area contributed by atoms with Crippen LogP contribution in [0.5, 0.6) is 0 Å². The van der Waals surface area contributed by atoms with Crippen LogP contribution in [0, 0.1) is 18.3 Å². The van der Waals surface area contributed by atoms with Crippen molar-refractivity contribution in [2.75, 3.05) is 125 Å². The van der Waals surface area contributed by atoms with E-state index in [2.05, 4.69) is 27.2 Å². The highest BCUT2D eigenvalue weighted by Gasteiger charge is 2.39. The fourth-order valence-corrected chi connectivity index (χ4v) is 6.28. The number of terminal acetylenes is 1. The molecule has 0 radical (unpaired) electrons. The molecule has 1 aliphatic rings. The summed E-state index contributed by atoms with van der Waals surface area (Å²) in [5.74, 6) is -4.93. The Hall–Kier alpha value is -5.04. The summed E-state index contributed by atoms with van der Waals surface area (Å²) in [5, 5.41) is 40.0. The molecule has 0 bridgehead atoms. The van der Waals surface area contributed by atoms with Gasteiger partial charge < -0.3 is 84.7 Å². The molecule has 1 saturated heterocycles. The molecule has 5 atom stereocenters. The number of aliphatic hydroxyl groups excluding tert-OH is 1. The molecule has 25 heteroatoms. The maximum atomic E-state index is 13.9. The van der Waals surface area contributed by atoms with Gasteiger partial charge in [-0.05, 0) is 38.5 Å². The third kappa shape index (κ3) is 30.9. The van der Waals surface area contributed by atoms with E-state index in [9.17, 15) is 48.6 Å². The minimum absolute atomic E-state index is 0.0354. The summed E-state index contributed by atoms with van der Waals surface area (Å²) < 4.78 is 43.3. The summed E-state index contributed by atoms with van der Waals surface area (Å²) in [6.07, 6.45) is 3.37. The third-order valence-corrected chi connectivity index (χ3v) is 9.64. The predicted octanol–water partition coefficient (Wildman–Crippen LogP) is -2.80. The first-order valence-electron chi connectivity index (χ1n) is 23.0. The lowest BCUT2D eigenvalue weighted by atomic mass is 10.0. The molecule has 4 unspecified atom stereocenters. The summed E-state index contributed by atoms with van der Waals surface area (Å²) in [6.45, 7) is 9.45. The molecule has 1 aliphatic heterocycles. The highest BCUT2D eigenvalue weighted by Crippen LogP contribution is 2.21. The van der Waals surface area contributed by atoms with Gasteiger partial charge in [0, 0.05) is 19.4 Å². The van der Waals surface area contributed by atoms with Crippen molar-refractivity contribution in [3.8, 4) is 12.3 Å². The van der Waals surface area contributed by atoms with Gasteiger partial charge in [0.05, 0.1) is 112 Å². The summed E-state index contributed by atoms with van der Waals surface area (Å²) in [5.41, 5.74) is 0. The Kier molecular flexibility index (Phi) is 34.8. The Labute approximate surface area is 403 Å². The number of amides is 6. The maximum Gasteiger partial charge on any atom is 0.322 e. The zero-order valence-corrected chi connectivity index (χ0v) is 40.0. The summed E-state index contributed by atoms with van der Waals surface area (Å²) >= 11 is 0. The van der Waals surface area contributed by atoms with E-state index in [0.717, 1.165) is 0 Å². The number of carbonyl (C=O) groups excluding carboxylic acids is 6. The second-order valence-corrected chi connectivity index (χ2v) is 15.8. The molecule has 0 aromatic rings. The predicted molar refractivity (Wildman–Crippen MR) is 242 cm³/mol. The van der Waals surface area contributed by atoms with Crippen LogP contribution in [0.15, 0.2) is 0 Å². The van der Waals surface area contributed by atoms with Crippen LogP contribution in [-0.2, 0) is 76.3 Å². The van der Waals surface area contributed by atoms with Gasteiger partial charge in [0.25, 0.3) is 0 Å². The van der Waals surface area contributed by atoms with Crippen LogP contribution < -0.4 is 26.6 Å². The largest absolute Gasteiger partial charge is 0.481 e. The molecule has 394 valence electrons. The monoisotopic (exact) mass is 991 g/mol. The number of carbonyl (C=O) groups is 8. The lowest BCUT2D eigenvalue weighted by Crippen LogP contribution is -2.60. The molecule has 1 fully saturated rings. The zero-order valence-electron chi connectivity index (χ0n) is 40.0. The Bertz CT molecular complexity index is 1580. The lowest BCUT2D eigenvalue weighted by molar-refractivity contribution is -0.143. The van der Waals surface area contributed by atoms with Crippen molar-refractivity contribution < 1.29 is 91.6 Å². The van der Waals surface area contributed by atoms with E-state index in [4.69, 9.17) is 49.4 Å². The summed E-state index contributed by atoms with van der Waals surface area (Å²) in [6, 6.07) is -5.26. The molecule has 1 rings (SSSR count). The van der Waals surface area contributed by atoms with E-state index in [1.165, 1.54) is 11.8 Å². The molecule has 0 spiro atoms. The van der Waals surface area contributed by atoms with Crippen molar-refractivity contribution in [2.45, 2.75) is 89.6 Å². The topological polar surface area (TPSA) is 334 Å². The van der Waals surface area contributed by atoms with Crippen molar-refractivity contribution in [3.05, 3.63) is 0 Å².